The third-order valence-corrected chi connectivity index (χ3v) is 4.81. The lowest BCUT2D eigenvalue weighted by Gasteiger charge is -2.28. The van der Waals surface area contributed by atoms with Crippen molar-refractivity contribution in [2.75, 3.05) is 20.8 Å². The number of rotatable bonds is 5. The molecule has 0 saturated heterocycles. The van der Waals surface area contributed by atoms with E-state index >= 15 is 0 Å². The number of hydrogen-bond donors (Lipinski definition) is 0. The summed E-state index contributed by atoms with van der Waals surface area (Å²) >= 11 is 0. The highest BCUT2D eigenvalue weighted by atomic mass is 16.5. The van der Waals surface area contributed by atoms with E-state index in [1.807, 2.05) is 36.4 Å². The highest BCUT2D eigenvalue weighted by Crippen LogP contribution is 2.33. The van der Waals surface area contributed by atoms with E-state index < -0.39 is 0 Å². The zero-order valence-corrected chi connectivity index (χ0v) is 15.1. The van der Waals surface area contributed by atoms with E-state index in [-0.39, 0.29) is 0 Å². The summed E-state index contributed by atoms with van der Waals surface area (Å²) in [6, 6.07) is 16.3. The van der Waals surface area contributed by atoms with Crippen LogP contribution in [-0.2, 0) is 19.5 Å². The third kappa shape index (κ3) is 3.30. The molecule has 0 aliphatic carbocycles. The average Bonchev–Trinajstić information content (AvgIpc) is 3.16. The quantitative estimate of drug-likeness (QED) is 0.698. The first-order valence-electron chi connectivity index (χ1n) is 8.74. The molecule has 1 aliphatic rings. The zero-order chi connectivity index (χ0) is 17.9. The molecule has 0 spiro atoms. The Labute approximate surface area is 153 Å². The molecule has 0 amide bonds. The molecule has 5 heteroatoms. The summed E-state index contributed by atoms with van der Waals surface area (Å²) < 4.78 is 16.4. The molecule has 1 aromatic heterocycles. The summed E-state index contributed by atoms with van der Waals surface area (Å²) in [7, 11) is 3.35. The molecule has 4 rings (SSSR count). The Morgan fingerprint density at radius 3 is 2.46 bits per heavy atom. The Kier molecular flexibility index (Phi) is 4.63. The van der Waals surface area contributed by atoms with Gasteiger partial charge >= 0.3 is 0 Å². The molecule has 134 valence electrons. The number of aromatic nitrogens is 1. The summed E-state index contributed by atoms with van der Waals surface area (Å²) in [5.41, 5.74) is 4.55. The van der Waals surface area contributed by atoms with Crippen LogP contribution in [0, 0.1) is 0 Å². The minimum Gasteiger partial charge on any atom is -0.493 e. The molecule has 0 radical (unpaired) electrons. The Bertz CT molecular complexity index is 890. The minimum atomic E-state index is 0.744. The van der Waals surface area contributed by atoms with Crippen molar-refractivity contribution in [1.29, 1.82) is 0 Å². The molecule has 0 atom stereocenters. The first-order chi connectivity index (χ1) is 12.8. The van der Waals surface area contributed by atoms with Crippen LogP contribution in [-0.4, -0.2) is 30.8 Å². The highest BCUT2D eigenvalue weighted by molar-refractivity contribution is 5.58. The molecule has 0 unspecified atom stereocenters. The molecular weight excluding hydrogens is 328 g/mol. The van der Waals surface area contributed by atoms with Gasteiger partial charge in [-0.15, -0.1) is 0 Å². The molecule has 0 fully saturated rings. The van der Waals surface area contributed by atoms with E-state index in [0.29, 0.717) is 0 Å². The van der Waals surface area contributed by atoms with Crippen molar-refractivity contribution in [1.82, 2.24) is 10.1 Å². The minimum absolute atomic E-state index is 0.744. The predicted molar refractivity (Wildman–Crippen MR) is 99.3 cm³/mol. The Morgan fingerprint density at radius 1 is 1.00 bits per heavy atom. The van der Waals surface area contributed by atoms with Gasteiger partial charge in [-0.2, -0.15) is 0 Å². The first-order valence-corrected chi connectivity index (χ1v) is 8.74. The summed E-state index contributed by atoms with van der Waals surface area (Å²) in [5.74, 6) is 2.45. The number of hydrogen-bond acceptors (Lipinski definition) is 5. The smallest absolute Gasteiger partial charge is 0.161 e. The summed E-state index contributed by atoms with van der Waals surface area (Å²) in [6.07, 6.45) is 0.982. The summed E-state index contributed by atoms with van der Waals surface area (Å²) in [5, 5.41) is 4.21. The van der Waals surface area contributed by atoms with Gasteiger partial charge in [0, 0.05) is 24.7 Å². The maximum absolute atomic E-state index is 5.55. The van der Waals surface area contributed by atoms with E-state index in [9.17, 15) is 0 Å². The largest absolute Gasteiger partial charge is 0.493 e. The monoisotopic (exact) mass is 350 g/mol. The molecule has 1 aliphatic heterocycles. The Morgan fingerprint density at radius 2 is 1.73 bits per heavy atom. The highest BCUT2D eigenvalue weighted by Gasteiger charge is 2.21. The van der Waals surface area contributed by atoms with Crippen molar-refractivity contribution in [3.63, 3.8) is 0 Å². The van der Waals surface area contributed by atoms with Gasteiger partial charge in [0.1, 0.15) is 5.69 Å². The van der Waals surface area contributed by atoms with Crippen molar-refractivity contribution in [2.24, 2.45) is 0 Å². The normalized spacial score (nSPS) is 14.1. The number of benzene rings is 2. The second-order valence-corrected chi connectivity index (χ2v) is 6.48. The lowest BCUT2D eigenvalue weighted by atomic mass is 9.98. The number of nitrogens with zero attached hydrogens (tertiary/aromatic N) is 2. The van der Waals surface area contributed by atoms with Gasteiger partial charge in [-0.3, -0.25) is 4.90 Å². The van der Waals surface area contributed by atoms with E-state index in [2.05, 4.69) is 22.2 Å². The molecule has 0 bridgehead atoms. The molecule has 0 saturated carbocycles. The van der Waals surface area contributed by atoms with Crippen LogP contribution >= 0.6 is 0 Å². The molecule has 3 aromatic rings. The van der Waals surface area contributed by atoms with Gasteiger partial charge in [-0.1, -0.05) is 35.5 Å². The fraction of sp³-hybridized carbons (Fsp3) is 0.286. The van der Waals surface area contributed by atoms with Crippen LogP contribution < -0.4 is 9.47 Å². The van der Waals surface area contributed by atoms with E-state index in [1.165, 1.54) is 11.1 Å². The SMILES string of the molecule is COc1cc2c(cc1OC)CN(Cc1cc(-c3ccccc3)no1)CC2. The molecule has 2 heterocycles. The second-order valence-electron chi connectivity index (χ2n) is 6.48. The lowest BCUT2D eigenvalue weighted by molar-refractivity contribution is 0.214. The van der Waals surface area contributed by atoms with Crippen LogP contribution in [0.4, 0.5) is 0 Å². The topological polar surface area (TPSA) is 47.7 Å². The van der Waals surface area contributed by atoms with Gasteiger partial charge < -0.3 is 14.0 Å². The second kappa shape index (κ2) is 7.22. The maximum Gasteiger partial charge on any atom is 0.161 e. The van der Waals surface area contributed by atoms with Crippen molar-refractivity contribution in [3.8, 4) is 22.8 Å². The van der Waals surface area contributed by atoms with Gasteiger partial charge in [0.2, 0.25) is 0 Å². The molecular formula is C21H22N2O3. The Balaban J connectivity index is 1.49. The zero-order valence-electron chi connectivity index (χ0n) is 15.1. The fourth-order valence-corrected chi connectivity index (χ4v) is 3.43. The number of ether oxygens (including phenoxy) is 2. The van der Waals surface area contributed by atoms with Gasteiger partial charge in [0.15, 0.2) is 17.3 Å². The van der Waals surface area contributed by atoms with Crippen LogP contribution in [0.3, 0.4) is 0 Å². The molecule has 5 nitrogen and oxygen atoms in total. The average molecular weight is 350 g/mol. The maximum atomic E-state index is 5.55. The van der Waals surface area contributed by atoms with Crippen molar-refractivity contribution in [2.45, 2.75) is 19.5 Å². The van der Waals surface area contributed by atoms with Crippen LogP contribution in [0.25, 0.3) is 11.3 Å². The van der Waals surface area contributed by atoms with Gasteiger partial charge in [0.25, 0.3) is 0 Å². The van der Waals surface area contributed by atoms with Crippen molar-refractivity contribution >= 4 is 0 Å². The molecule has 26 heavy (non-hydrogen) atoms. The molecule has 0 N–H and O–H groups in total. The third-order valence-electron chi connectivity index (χ3n) is 4.81. The van der Waals surface area contributed by atoms with Crippen molar-refractivity contribution in [3.05, 3.63) is 65.4 Å². The first kappa shape index (κ1) is 16.7. The van der Waals surface area contributed by atoms with E-state index in [1.54, 1.807) is 14.2 Å². The summed E-state index contributed by atoms with van der Waals surface area (Å²) in [6.45, 7) is 2.58. The van der Waals surface area contributed by atoms with Crippen LogP contribution in [0.1, 0.15) is 16.9 Å². The summed E-state index contributed by atoms with van der Waals surface area (Å²) in [4.78, 5) is 2.36. The Hall–Kier alpha value is -2.79. The van der Waals surface area contributed by atoms with Gasteiger partial charge in [0.05, 0.1) is 20.8 Å². The van der Waals surface area contributed by atoms with E-state index in [0.717, 1.165) is 54.6 Å². The molecule has 2 aromatic carbocycles. The van der Waals surface area contributed by atoms with Gasteiger partial charge in [-0.05, 0) is 29.7 Å². The number of fused-ring (bicyclic) bond motifs is 1. The van der Waals surface area contributed by atoms with Crippen LogP contribution in [0.15, 0.2) is 53.1 Å². The van der Waals surface area contributed by atoms with Crippen LogP contribution in [0.5, 0.6) is 11.5 Å². The predicted octanol–water partition coefficient (Wildman–Crippen LogP) is 3.92. The van der Waals surface area contributed by atoms with Gasteiger partial charge in [-0.25, -0.2) is 0 Å². The fourth-order valence-electron chi connectivity index (χ4n) is 3.43. The van der Waals surface area contributed by atoms with Crippen molar-refractivity contribution < 1.29 is 14.0 Å². The standard InChI is InChI=1S/C21H22N2O3/c1-24-20-10-16-8-9-23(13-17(16)11-21(20)25-2)14-18-12-19(22-26-18)15-6-4-3-5-7-15/h3-7,10-12H,8-9,13-14H2,1-2H3. The van der Waals surface area contributed by atoms with E-state index in [4.69, 9.17) is 14.0 Å². The number of methoxy groups -OCH3 is 2. The van der Waals surface area contributed by atoms with Crippen LogP contribution in [0.2, 0.25) is 0 Å². The lowest BCUT2D eigenvalue weighted by Crippen LogP contribution is -2.30.